The van der Waals surface area contributed by atoms with Crippen LogP contribution in [0.1, 0.15) is 33.6 Å². The quantitative estimate of drug-likeness (QED) is 0.0969. The topological polar surface area (TPSA) is 168 Å². The molecule has 0 aliphatic heterocycles. The molecule has 0 saturated heterocycles. The van der Waals surface area contributed by atoms with Crippen molar-refractivity contribution < 1.29 is 66.8 Å². The minimum absolute atomic E-state index is 0.117. The van der Waals surface area contributed by atoms with Crippen LogP contribution in [0.15, 0.2) is 0 Å². The summed E-state index contributed by atoms with van der Waals surface area (Å²) in [5.74, 6) is -0.815. The average Bonchev–Trinajstić information content (AvgIpc) is 2.96. The normalized spacial score (nSPS) is 11.6. The number of carbonyl (C=O) groups excluding carboxylic acids is 1. The number of carbonyl (C=O) groups is 2. The molecule has 0 radical (unpaired) electrons. The Kier molecular flexibility index (Phi) is 31.5. The summed E-state index contributed by atoms with van der Waals surface area (Å²) >= 11 is 0. The summed E-state index contributed by atoms with van der Waals surface area (Å²) < 4.78 is 59.2. The maximum atomic E-state index is 11.5. The second kappa shape index (κ2) is 32.7. The highest BCUT2D eigenvalue weighted by molar-refractivity contribution is 5.67. The minimum Gasteiger partial charge on any atom is -0.481 e. The molecule has 0 aromatic carbocycles. The molecule has 0 aromatic heterocycles. The Morgan fingerprint density at radius 3 is 1.02 bits per heavy atom. The lowest BCUT2D eigenvalue weighted by molar-refractivity contribution is -0.137. The SMILES string of the molecule is CC(C)(C)OC(=O)NCCOCCOCCOCCOCCOCCOCCOCCOCCOCCOCCCC(=O)O. The number of carboxylic acid groups (broad SMARTS) is 1. The van der Waals surface area contributed by atoms with Crippen molar-refractivity contribution in [3.63, 3.8) is 0 Å². The zero-order valence-electron chi connectivity index (χ0n) is 27.0. The maximum absolute atomic E-state index is 11.5. The van der Waals surface area contributed by atoms with Gasteiger partial charge in [-0.1, -0.05) is 0 Å². The summed E-state index contributed by atoms with van der Waals surface area (Å²) in [5, 5.41) is 11.1. The lowest BCUT2D eigenvalue weighted by atomic mass is 10.2. The number of rotatable bonds is 34. The van der Waals surface area contributed by atoms with Gasteiger partial charge in [0.25, 0.3) is 0 Å². The number of nitrogens with one attached hydrogen (secondary N) is 1. The zero-order chi connectivity index (χ0) is 32.4. The Bertz CT molecular complexity index is 636. The predicted octanol–water partition coefficient (Wildman–Crippen LogP) is 1.54. The highest BCUT2D eigenvalue weighted by Crippen LogP contribution is 2.06. The highest BCUT2D eigenvalue weighted by Gasteiger charge is 2.15. The first-order chi connectivity index (χ1) is 21.3. The van der Waals surface area contributed by atoms with Gasteiger partial charge in [-0.2, -0.15) is 0 Å². The Labute approximate surface area is 262 Å². The average molecular weight is 644 g/mol. The summed E-state index contributed by atoms with van der Waals surface area (Å²) in [6, 6.07) is 0. The van der Waals surface area contributed by atoms with Gasteiger partial charge in [0, 0.05) is 19.6 Å². The van der Waals surface area contributed by atoms with Crippen molar-refractivity contribution in [2.75, 3.05) is 139 Å². The van der Waals surface area contributed by atoms with Crippen molar-refractivity contribution in [2.45, 2.75) is 39.2 Å². The first-order valence-electron chi connectivity index (χ1n) is 15.3. The summed E-state index contributed by atoms with van der Waals surface area (Å²) in [6.07, 6.45) is 0.164. The van der Waals surface area contributed by atoms with Crippen molar-refractivity contribution in [1.82, 2.24) is 5.32 Å². The van der Waals surface area contributed by atoms with Crippen LogP contribution in [0.3, 0.4) is 0 Å². The molecule has 0 heterocycles. The fraction of sp³-hybridized carbons (Fsp3) is 0.931. The molecule has 15 nitrogen and oxygen atoms in total. The van der Waals surface area contributed by atoms with Crippen LogP contribution in [-0.4, -0.2) is 161 Å². The third kappa shape index (κ3) is 38.4. The first kappa shape index (κ1) is 42.3. The van der Waals surface area contributed by atoms with Crippen LogP contribution in [-0.2, 0) is 56.9 Å². The van der Waals surface area contributed by atoms with E-state index in [0.29, 0.717) is 145 Å². The van der Waals surface area contributed by atoms with Crippen LogP contribution in [0.2, 0.25) is 0 Å². The van der Waals surface area contributed by atoms with Gasteiger partial charge in [0.2, 0.25) is 0 Å². The van der Waals surface area contributed by atoms with Gasteiger partial charge in [-0.15, -0.1) is 0 Å². The molecule has 0 aromatic rings. The Morgan fingerprint density at radius 1 is 0.477 bits per heavy atom. The third-order valence-corrected chi connectivity index (χ3v) is 4.94. The fourth-order valence-electron chi connectivity index (χ4n) is 2.95. The van der Waals surface area contributed by atoms with Crippen LogP contribution in [0, 0.1) is 0 Å². The standard InChI is InChI=1S/C29H57NO14/c1-29(2,3)44-28(33)30-6-8-35-10-12-37-14-16-39-18-20-41-22-24-43-26-25-42-23-21-40-19-17-38-15-13-36-11-9-34-7-4-5-27(31)32/h4-26H2,1-3H3,(H,30,33)(H,31,32). The van der Waals surface area contributed by atoms with E-state index in [1.807, 2.05) is 20.8 Å². The summed E-state index contributed by atoms with van der Waals surface area (Å²) in [5.41, 5.74) is -0.514. The lowest BCUT2D eigenvalue weighted by Gasteiger charge is -2.19. The molecule has 0 unspecified atom stereocenters. The first-order valence-corrected chi connectivity index (χ1v) is 15.3. The second-order valence-electron chi connectivity index (χ2n) is 10.0. The smallest absolute Gasteiger partial charge is 0.407 e. The monoisotopic (exact) mass is 643 g/mol. The van der Waals surface area contributed by atoms with Gasteiger partial charge in [0.15, 0.2) is 0 Å². The molecule has 0 aliphatic rings. The summed E-state index contributed by atoms with van der Waals surface area (Å²) in [6.45, 7) is 15.1. The molecule has 2 N–H and O–H groups in total. The molecule has 0 spiro atoms. The number of ether oxygens (including phenoxy) is 11. The Hall–Kier alpha value is -1.66. The fourth-order valence-corrected chi connectivity index (χ4v) is 2.95. The van der Waals surface area contributed by atoms with Crippen molar-refractivity contribution in [1.29, 1.82) is 0 Å². The molecule has 15 heteroatoms. The molecule has 262 valence electrons. The van der Waals surface area contributed by atoms with Crippen LogP contribution in [0.5, 0.6) is 0 Å². The number of hydrogen-bond acceptors (Lipinski definition) is 13. The van der Waals surface area contributed by atoms with E-state index in [1.165, 1.54) is 0 Å². The predicted molar refractivity (Wildman–Crippen MR) is 159 cm³/mol. The molecule has 0 fully saturated rings. The van der Waals surface area contributed by atoms with E-state index >= 15 is 0 Å². The van der Waals surface area contributed by atoms with E-state index in [0.717, 1.165) is 0 Å². The Morgan fingerprint density at radius 2 is 0.750 bits per heavy atom. The van der Waals surface area contributed by atoms with E-state index in [2.05, 4.69) is 5.32 Å². The summed E-state index contributed by atoms with van der Waals surface area (Å²) in [7, 11) is 0. The number of carboxylic acids is 1. The molecule has 1 amide bonds. The largest absolute Gasteiger partial charge is 0.481 e. The van der Waals surface area contributed by atoms with E-state index in [1.54, 1.807) is 0 Å². The number of hydrogen-bond donors (Lipinski definition) is 2. The van der Waals surface area contributed by atoms with Crippen LogP contribution >= 0.6 is 0 Å². The van der Waals surface area contributed by atoms with Crippen LogP contribution in [0.4, 0.5) is 4.79 Å². The molecular formula is C29H57NO14. The van der Waals surface area contributed by atoms with Gasteiger partial charge in [-0.25, -0.2) is 4.79 Å². The van der Waals surface area contributed by atoms with Crippen molar-refractivity contribution >= 4 is 12.1 Å². The van der Waals surface area contributed by atoms with E-state index in [-0.39, 0.29) is 6.42 Å². The number of aliphatic carboxylic acids is 1. The third-order valence-electron chi connectivity index (χ3n) is 4.94. The zero-order valence-corrected chi connectivity index (χ0v) is 27.0. The maximum Gasteiger partial charge on any atom is 0.407 e. The number of amides is 1. The van der Waals surface area contributed by atoms with E-state index in [9.17, 15) is 9.59 Å². The van der Waals surface area contributed by atoms with Gasteiger partial charge in [-0.3, -0.25) is 4.79 Å². The van der Waals surface area contributed by atoms with Gasteiger partial charge in [0.05, 0.1) is 126 Å². The second-order valence-corrected chi connectivity index (χ2v) is 10.0. The van der Waals surface area contributed by atoms with Gasteiger partial charge < -0.3 is 62.5 Å². The van der Waals surface area contributed by atoms with E-state index < -0.39 is 17.7 Å². The molecule has 0 aliphatic carbocycles. The molecular weight excluding hydrogens is 586 g/mol. The highest BCUT2D eigenvalue weighted by atomic mass is 16.6. The van der Waals surface area contributed by atoms with Crippen molar-refractivity contribution in [3.8, 4) is 0 Å². The van der Waals surface area contributed by atoms with Gasteiger partial charge in [-0.05, 0) is 27.2 Å². The number of alkyl carbamates (subject to hydrolysis) is 1. The molecule has 0 rings (SSSR count). The van der Waals surface area contributed by atoms with Gasteiger partial charge >= 0.3 is 12.1 Å². The minimum atomic E-state index is -0.815. The van der Waals surface area contributed by atoms with Crippen LogP contribution in [0.25, 0.3) is 0 Å². The Balaban J connectivity index is 3.10. The molecule has 0 atom stereocenters. The molecule has 0 saturated carbocycles. The molecule has 44 heavy (non-hydrogen) atoms. The summed E-state index contributed by atoms with van der Waals surface area (Å²) in [4.78, 5) is 21.8. The van der Waals surface area contributed by atoms with Gasteiger partial charge in [0.1, 0.15) is 5.60 Å². The lowest BCUT2D eigenvalue weighted by Crippen LogP contribution is -2.34. The van der Waals surface area contributed by atoms with Crippen molar-refractivity contribution in [2.24, 2.45) is 0 Å². The van der Waals surface area contributed by atoms with E-state index in [4.69, 9.17) is 57.2 Å². The van der Waals surface area contributed by atoms with Crippen molar-refractivity contribution in [3.05, 3.63) is 0 Å². The van der Waals surface area contributed by atoms with Crippen LogP contribution < -0.4 is 5.32 Å². The molecule has 0 bridgehead atoms.